The van der Waals surface area contributed by atoms with E-state index in [-0.39, 0.29) is 24.1 Å². The standard InChI is InChI=1S/C22H20N4O3/c1-13-10-11-19(26-23-17-8-4-5-9-18(17)24-26)16(20(13)27)12-25-21(28)14-6-2-3-7-15(14)22(25)29/h4-5,8-11,27H,2-3,6-7,12H2,1H3. The first-order valence-corrected chi connectivity index (χ1v) is 9.76. The summed E-state index contributed by atoms with van der Waals surface area (Å²) in [6.45, 7) is 1.78. The minimum absolute atomic E-state index is 0.00853. The highest BCUT2D eigenvalue weighted by Crippen LogP contribution is 2.36. The average molecular weight is 388 g/mol. The molecule has 5 rings (SSSR count). The van der Waals surface area contributed by atoms with Crippen molar-refractivity contribution in [2.75, 3.05) is 0 Å². The van der Waals surface area contributed by atoms with Gasteiger partial charge in [0, 0.05) is 16.7 Å². The van der Waals surface area contributed by atoms with Crippen LogP contribution in [0.25, 0.3) is 16.7 Å². The molecule has 0 saturated heterocycles. The second-order valence-corrected chi connectivity index (χ2v) is 7.57. The topological polar surface area (TPSA) is 88.3 Å². The van der Waals surface area contributed by atoms with Crippen LogP contribution in [0.5, 0.6) is 5.75 Å². The van der Waals surface area contributed by atoms with E-state index in [0.717, 1.165) is 23.9 Å². The summed E-state index contributed by atoms with van der Waals surface area (Å²) in [5.41, 5.74) is 4.41. The van der Waals surface area contributed by atoms with Crippen molar-refractivity contribution >= 4 is 22.8 Å². The van der Waals surface area contributed by atoms with Gasteiger partial charge in [0.05, 0.1) is 12.2 Å². The summed E-state index contributed by atoms with van der Waals surface area (Å²) in [6, 6.07) is 11.1. The predicted octanol–water partition coefficient (Wildman–Crippen LogP) is 3.17. The number of carbonyl (C=O) groups excluding carboxylic acids is 2. The van der Waals surface area contributed by atoms with Crippen LogP contribution >= 0.6 is 0 Å². The van der Waals surface area contributed by atoms with Gasteiger partial charge in [-0.1, -0.05) is 18.2 Å². The SMILES string of the molecule is Cc1ccc(-n2nc3ccccc3n2)c(CN2C(=O)C3=C(CCCC3)C2=O)c1O. The Balaban J connectivity index is 1.58. The molecule has 2 heterocycles. The molecule has 1 aromatic heterocycles. The first-order chi connectivity index (χ1) is 14.0. The van der Waals surface area contributed by atoms with Crippen molar-refractivity contribution in [3.05, 3.63) is 58.7 Å². The largest absolute Gasteiger partial charge is 0.507 e. The quantitative estimate of drug-likeness (QED) is 0.696. The Morgan fingerprint density at radius 3 is 2.10 bits per heavy atom. The molecule has 0 spiro atoms. The zero-order valence-corrected chi connectivity index (χ0v) is 16.1. The molecule has 7 heteroatoms. The monoisotopic (exact) mass is 388 g/mol. The minimum Gasteiger partial charge on any atom is -0.507 e. The molecule has 7 nitrogen and oxygen atoms in total. The Morgan fingerprint density at radius 2 is 1.52 bits per heavy atom. The zero-order chi connectivity index (χ0) is 20.1. The third kappa shape index (κ3) is 2.73. The van der Waals surface area contributed by atoms with E-state index in [2.05, 4.69) is 10.2 Å². The number of benzene rings is 2. The van der Waals surface area contributed by atoms with Crippen LogP contribution < -0.4 is 0 Å². The van der Waals surface area contributed by atoms with Crippen LogP contribution in [-0.2, 0) is 16.1 Å². The molecule has 0 atom stereocenters. The Morgan fingerprint density at radius 1 is 0.931 bits per heavy atom. The molecule has 0 bridgehead atoms. The lowest BCUT2D eigenvalue weighted by Gasteiger charge is -2.19. The number of phenols is 1. The fourth-order valence-electron chi connectivity index (χ4n) is 4.15. The molecule has 146 valence electrons. The smallest absolute Gasteiger partial charge is 0.257 e. The number of phenolic OH excluding ortho intramolecular Hbond substituents is 1. The molecule has 1 aliphatic heterocycles. The summed E-state index contributed by atoms with van der Waals surface area (Å²) in [5.74, 6) is -0.431. The maximum absolute atomic E-state index is 12.9. The molecule has 0 unspecified atom stereocenters. The number of hydrogen-bond donors (Lipinski definition) is 1. The Bertz CT molecular complexity index is 1150. The van der Waals surface area contributed by atoms with Gasteiger partial charge in [-0.3, -0.25) is 14.5 Å². The number of hydrogen-bond acceptors (Lipinski definition) is 5. The van der Waals surface area contributed by atoms with Crippen LogP contribution in [0.2, 0.25) is 0 Å². The lowest BCUT2D eigenvalue weighted by Crippen LogP contribution is -2.31. The maximum Gasteiger partial charge on any atom is 0.257 e. The minimum atomic E-state index is -0.241. The molecule has 0 fully saturated rings. The van der Waals surface area contributed by atoms with Crippen LogP contribution in [0.15, 0.2) is 47.5 Å². The second kappa shape index (κ2) is 6.55. The van der Waals surface area contributed by atoms with Crippen LogP contribution in [0, 0.1) is 6.92 Å². The third-order valence-corrected chi connectivity index (χ3v) is 5.75. The van der Waals surface area contributed by atoms with E-state index in [9.17, 15) is 14.7 Å². The highest BCUT2D eigenvalue weighted by atomic mass is 16.3. The number of aromatic hydroxyl groups is 1. The van der Waals surface area contributed by atoms with Crippen LogP contribution in [0.3, 0.4) is 0 Å². The molecule has 2 aromatic carbocycles. The van der Waals surface area contributed by atoms with E-state index in [1.807, 2.05) is 30.3 Å². The van der Waals surface area contributed by atoms with Crippen LogP contribution in [0.4, 0.5) is 0 Å². The van der Waals surface area contributed by atoms with Crippen molar-refractivity contribution in [2.45, 2.75) is 39.2 Å². The maximum atomic E-state index is 12.9. The summed E-state index contributed by atoms with van der Waals surface area (Å²) >= 11 is 0. The van der Waals surface area contributed by atoms with E-state index in [0.29, 0.717) is 40.8 Å². The summed E-state index contributed by atoms with van der Waals surface area (Å²) < 4.78 is 0. The molecule has 0 saturated carbocycles. The van der Waals surface area contributed by atoms with Gasteiger partial charge in [-0.05, 0) is 56.4 Å². The average Bonchev–Trinajstić information content (AvgIpc) is 3.27. The van der Waals surface area contributed by atoms with Crippen LogP contribution in [-0.4, -0.2) is 36.8 Å². The van der Waals surface area contributed by atoms with E-state index < -0.39 is 0 Å². The lowest BCUT2D eigenvalue weighted by atomic mass is 9.93. The number of rotatable bonds is 3. The molecule has 1 aliphatic carbocycles. The highest BCUT2D eigenvalue weighted by molar-refractivity contribution is 6.19. The summed E-state index contributed by atoms with van der Waals surface area (Å²) in [4.78, 5) is 28.4. The van der Waals surface area contributed by atoms with Crippen molar-refractivity contribution < 1.29 is 14.7 Å². The second-order valence-electron chi connectivity index (χ2n) is 7.57. The van der Waals surface area contributed by atoms with Gasteiger partial charge in [0.15, 0.2) is 0 Å². The predicted molar refractivity (Wildman–Crippen MR) is 106 cm³/mol. The van der Waals surface area contributed by atoms with Gasteiger partial charge in [0.25, 0.3) is 11.8 Å². The first-order valence-electron chi connectivity index (χ1n) is 9.76. The summed E-state index contributed by atoms with van der Waals surface area (Å²) in [6.07, 6.45) is 3.15. The van der Waals surface area contributed by atoms with E-state index in [1.54, 1.807) is 13.0 Å². The Labute approximate surface area is 167 Å². The van der Waals surface area contributed by atoms with Crippen molar-refractivity contribution in [1.82, 2.24) is 19.9 Å². The number of amides is 2. The number of nitrogens with zero attached hydrogens (tertiary/aromatic N) is 4. The van der Waals surface area contributed by atoms with Crippen molar-refractivity contribution in [3.63, 3.8) is 0 Å². The Kier molecular flexibility index (Phi) is 3.97. The molecule has 29 heavy (non-hydrogen) atoms. The third-order valence-electron chi connectivity index (χ3n) is 5.75. The molecular weight excluding hydrogens is 368 g/mol. The number of aromatic nitrogens is 3. The van der Waals surface area contributed by atoms with Gasteiger partial charge in [-0.2, -0.15) is 0 Å². The molecule has 0 radical (unpaired) electrons. The van der Waals surface area contributed by atoms with Gasteiger partial charge in [0.1, 0.15) is 16.8 Å². The number of fused-ring (bicyclic) bond motifs is 1. The van der Waals surface area contributed by atoms with Gasteiger partial charge in [-0.15, -0.1) is 15.0 Å². The molecule has 1 N–H and O–H groups in total. The van der Waals surface area contributed by atoms with Crippen LogP contribution in [0.1, 0.15) is 36.8 Å². The molecule has 2 aliphatic rings. The van der Waals surface area contributed by atoms with Gasteiger partial charge >= 0.3 is 0 Å². The van der Waals surface area contributed by atoms with E-state index in [1.165, 1.54) is 9.70 Å². The van der Waals surface area contributed by atoms with Gasteiger partial charge < -0.3 is 5.11 Å². The molecule has 2 amide bonds. The van der Waals surface area contributed by atoms with Gasteiger partial charge in [0.2, 0.25) is 0 Å². The van der Waals surface area contributed by atoms with Crippen molar-refractivity contribution in [3.8, 4) is 11.4 Å². The molecular formula is C22H20N4O3. The first kappa shape index (κ1) is 17.6. The van der Waals surface area contributed by atoms with Crippen molar-refractivity contribution in [1.29, 1.82) is 0 Å². The number of imide groups is 1. The lowest BCUT2D eigenvalue weighted by molar-refractivity contribution is -0.138. The zero-order valence-electron chi connectivity index (χ0n) is 16.1. The number of carbonyl (C=O) groups is 2. The van der Waals surface area contributed by atoms with E-state index >= 15 is 0 Å². The highest BCUT2D eigenvalue weighted by Gasteiger charge is 2.39. The Hall–Kier alpha value is -3.48. The molecule has 3 aromatic rings. The fraction of sp³-hybridized carbons (Fsp3) is 0.273. The van der Waals surface area contributed by atoms with Crippen molar-refractivity contribution in [2.24, 2.45) is 0 Å². The summed E-state index contributed by atoms with van der Waals surface area (Å²) in [5, 5.41) is 19.8. The number of aryl methyl sites for hydroxylation is 1. The van der Waals surface area contributed by atoms with E-state index in [4.69, 9.17) is 0 Å². The van der Waals surface area contributed by atoms with Gasteiger partial charge in [-0.25, -0.2) is 0 Å². The fourth-order valence-corrected chi connectivity index (χ4v) is 4.15. The normalized spacial score (nSPS) is 16.8. The summed E-state index contributed by atoms with van der Waals surface area (Å²) in [7, 11) is 0.